The first-order chi connectivity index (χ1) is 11.7. The van der Waals surface area contributed by atoms with Crippen LogP contribution in [0.5, 0.6) is 0 Å². The average Bonchev–Trinajstić information content (AvgIpc) is 2.59. The molecule has 0 aromatic heterocycles. The van der Waals surface area contributed by atoms with Gasteiger partial charge in [0.25, 0.3) is 0 Å². The number of nitrogens with zero attached hydrogens (tertiary/aromatic N) is 3. The van der Waals surface area contributed by atoms with E-state index in [1.165, 1.54) is 5.56 Å². The molecule has 2 aliphatic heterocycles. The molecule has 2 saturated heterocycles. The molecule has 3 rings (SSSR count). The molecule has 0 N–H and O–H groups in total. The van der Waals surface area contributed by atoms with Gasteiger partial charge >= 0.3 is 0 Å². The molecular weight excluding hydrogens is 302 g/mol. The zero-order chi connectivity index (χ0) is 17.0. The largest absolute Gasteiger partial charge is 0.384 e. The molecule has 2 heterocycles. The summed E-state index contributed by atoms with van der Waals surface area (Å²) in [5.74, 6) is 0.252. The summed E-state index contributed by atoms with van der Waals surface area (Å²) < 4.78 is 5.45. The molecule has 132 valence electrons. The molecule has 0 bridgehead atoms. The highest BCUT2D eigenvalue weighted by atomic mass is 16.5. The van der Waals surface area contributed by atoms with Crippen LogP contribution in [0.25, 0.3) is 0 Å². The van der Waals surface area contributed by atoms with E-state index in [1.54, 1.807) is 7.11 Å². The predicted octanol–water partition coefficient (Wildman–Crippen LogP) is 1.05. The van der Waals surface area contributed by atoms with Crippen LogP contribution in [-0.4, -0.2) is 86.7 Å². The maximum atomic E-state index is 12.6. The van der Waals surface area contributed by atoms with Crippen molar-refractivity contribution >= 4 is 5.91 Å². The molecule has 0 radical (unpaired) electrons. The van der Waals surface area contributed by atoms with E-state index >= 15 is 0 Å². The van der Waals surface area contributed by atoms with Gasteiger partial charge in [-0.2, -0.15) is 0 Å². The van der Waals surface area contributed by atoms with Crippen molar-refractivity contribution in [2.24, 2.45) is 0 Å². The lowest BCUT2D eigenvalue weighted by Crippen LogP contribution is -2.64. The van der Waals surface area contributed by atoms with E-state index in [0.29, 0.717) is 13.2 Å². The van der Waals surface area contributed by atoms with Crippen LogP contribution in [0.15, 0.2) is 30.3 Å². The first kappa shape index (κ1) is 17.4. The lowest BCUT2D eigenvalue weighted by atomic mass is 9.74. The zero-order valence-electron chi connectivity index (χ0n) is 14.9. The Balaban J connectivity index is 1.53. The second-order valence-electron chi connectivity index (χ2n) is 7.04. The first-order valence-corrected chi connectivity index (χ1v) is 8.94. The van der Waals surface area contributed by atoms with Gasteiger partial charge in [-0.15, -0.1) is 0 Å². The van der Waals surface area contributed by atoms with Crippen LogP contribution in [0.4, 0.5) is 0 Å². The standard InChI is InChI=1S/C19H29N3O2/c1-3-20-9-11-21(12-10-20)13-18(23)22-14-19(15-22,16-24-2)17-7-5-4-6-8-17/h4-8H,3,9-16H2,1-2H3. The minimum absolute atomic E-state index is 0.0351. The van der Waals surface area contributed by atoms with Gasteiger partial charge in [-0.1, -0.05) is 37.3 Å². The second kappa shape index (κ2) is 7.64. The molecule has 0 atom stereocenters. The van der Waals surface area contributed by atoms with Crippen LogP contribution in [0.2, 0.25) is 0 Å². The fourth-order valence-electron chi connectivity index (χ4n) is 3.84. The number of hydrogen-bond acceptors (Lipinski definition) is 4. The van der Waals surface area contributed by atoms with E-state index in [1.807, 2.05) is 11.0 Å². The monoisotopic (exact) mass is 331 g/mol. The smallest absolute Gasteiger partial charge is 0.236 e. The van der Waals surface area contributed by atoms with E-state index in [2.05, 4.69) is 41.0 Å². The third kappa shape index (κ3) is 3.63. The summed E-state index contributed by atoms with van der Waals surface area (Å²) in [5, 5.41) is 0. The Bertz CT molecular complexity index is 535. The predicted molar refractivity (Wildman–Crippen MR) is 95.1 cm³/mol. The Morgan fingerprint density at radius 2 is 1.71 bits per heavy atom. The maximum absolute atomic E-state index is 12.6. The number of carbonyl (C=O) groups is 1. The van der Waals surface area contributed by atoms with E-state index in [4.69, 9.17) is 4.74 Å². The Hall–Kier alpha value is -1.43. The van der Waals surface area contributed by atoms with Crippen LogP contribution < -0.4 is 0 Å². The van der Waals surface area contributed by atoms with Crippen LogP contribution in [0, 0.1) is 0 Å². The van der Waals surface area contributed by atoms with E-state index in [9.17, 15) is 4.79 Å². The van der Waals surface area contributed by atoms with Gasteiger partial charge in [-0.05, 0) is 12.1 Å². The van der Waals surface area contributed by atoms with Gasteiger partial charge in [0.15, 0.2) is 0 Å². The summed E-state index contributed by atoms with van der Waals surface area (Å²) in [6.07, 6.45) is 0. The average molecular weight is 331 g/mol. The van der Waals surface area contributed by atoms with Gasteiger partial charge in [0.05, 0.1) is 18.6 Å². The number of methoxy groups -OCH3 is 1. The fourth-order valence-corrected chi connectivity index (χ4v) is 3.84. The first-order valence-electron chi connectivity index (χ1n) is 8.94. The summed E-state index contributed by atoms with van der Waals surface area (Å²) in [7, 11) is 1.74. The summed E-state index contributed by atoms with van der Waals surface area (Å²) in [6.45, 7) is 10.2. The Morgan fingerprint density at radius 3 is 2.29 bits per heavy atom. The molecule has 2 fully saturated rings. The van der Waals surface area contributed by atoms with E-state index < -0.39 is 0 Å². The number of hydrogen-bond donors (Lipinski definition) is 0. The number of benzene rings is 1. The van der Waals surface area contributed by atoms with Crippen LogP contribution >= 0.6 is 0 Å². The molecule has 5 heteroatoms. The van der Waals surface area contributed by atoms with Gasteiger partial charge < -0.3 is 14.5 Å². The quantitative estimate of drug-likeness (QED) is 0.781. The van der Waals surface area contributed by atoms with Crippen molar-refractivity contribution in [3.05, 3.63) is 35.9 Å². The lowest BCUT2D eigenvalue weighted by molar-refractivity contribution is -0.142. The number of ether oxygens (including phenoxy) is 1. The van der Waals surface area contributed by atoms with Crippen molar-refractivity contribution in [1.29, 1.82) is 0 Å². The van der Waals surface area contributed by atoms with E-state index in [0.717, 1.165) is 45.8 Å². The summed E-state index contributed by atoms with van der Waals surface area (Å²) >= 11 is 0. The maximum Gasteiger partial charge on any atom is 0.236 e. The molecular formula is C19H29N3O2. The Labute approximate surface area is 145 Å². The molecule has 1 aromatic rings. The van der Waals surface area contributed by atoms with Gasteiger partial charge in [0.2, 0.25) is 5.91 Å². The van der Waals surface area contributed by atoms with Crippen LogP contribution in [-0.2, 0) is 14.9 Å². The number of amides is 1. The topological polar surface area (TPSA) is 36.0 Å². The van der Waals surface area contributed by atoms with Crippen molar-refractivity contribution in [2.45, 2.75) is 12.3 Å². The Kier molecular flexibility index (Phi) is 5.54. The minimum Gasteiger partial charge on any atom is -0.384 e. The SMILES string of the molecule is CCN1CCN(CC(=O)N2CC(COC)(c3ccccc3)C2)CC1. The molecule has 0 saturated carbocycles. The number of likely N-dealkylation sites (N-methyl/N-ethyl adjacent to an activating group) is 1. The number of rotatable bonds is 6. The number of piperazine rings is 1. The molecule has 0 spiro atoms. The molecule has 1 aromatic carbocycles. The van der Waals surface area contributed by atoms with Crippen molar-refractivity contribution in [2.75, 3.05) is 66.1 Å². The van der Waals surface area contributed by atoms with Gasteiger partial charge in [-0.25, -0.2) is 0 Å². The highest BCUT2D eigenvalue weighted by Gasteiger charge is 2.46. The van der Waals surface area contributed by atoms with Crippen LogP contribution in [0.3, 0.4) is 0 Å². The molecule has 2 aliphatic rings. The van der Waals surface area contributed by atoms with Crippen molar-refractivity contribution in [3.63, 3.8) is 0 Å². The van der Waals surface area contributed by atoms with Gasteiger partial charge in [0.1, 0.15) is 0 Å². The summed E-state index contributed by atoms with van der Waals surface area (Å²) in [6, 6.07) is 10.4. The highest BCUT2D eigenvalue weighted by molar-refractivity contribution is 5.79. The van der Waals surface area contributed by atoms with Crippen molar-refractivity contribution < 1.29 is 9.53 Å². The molecule has 0 aliphatic carbocycles. The van der Waals surface area contributed by atoms with Crippen LogP contribution in [0.1, 0.15) is 12.5 Å². The normalized spacial score (nSPS) is 21.5. The fraction of sp³-hybridized carbons (Fsp3) is 0.632. The number of carbonyl (C=O) groups excluding carboxylic acids is 1. The second-order valence-corrected chi connectivity index (χ2v) is 7.04. The summed E-state index contributed by atoms with van der Waals surface area (Å²) in [4.78, 5) is 19.3. The van der Waals surface area contributed by atoms with Gasteiger partial charge in [-0.3, -0.25) is 9.69 Å². The number of likely N-dealkylation sites (tertiary alicyclic amines) is 1. The molecule has 1 amide bonds. The van der Waals surface area contributed by atoms with Crippen molar-refractivity contribution in [3.8, 4) is 0 Å². The third-order valence-electron chi connectivity index (χ3n) is 5.42. The molecule has 0 unspecified atom stereocenters. The van der Waals surface area contributed by atoms with Gasteiger partial charge in [0, 0.05) is 46.4 Å². The highest BCUT2D eigenvalue weighted by Crippen LogP contribution is 2.35. The lowest BCUT2D eigenvalue weighted by Gasteiger charge is -2.50. The Morgan fingerprint density at radius 1 is 1.08 bits per heavy atom. The summed E-state index contributed by atoms with van der Waals surface area (Å²) in [5.41, 5.74) is 1.24. The minimum atomic E-state index is -0.0351. The van der Waals surface area contributed by atoms with Crippen molar-refractivity contribution in [1.82, 2.24) is 14.7 Å². The third-order valence-corrected chi connectivity index (χ3v) is 5.42. The molecule has 24 heavy (non-hydrogen) atoms. The zero-order valence-corrected chi connectivity index (χ0v) is 14.9. The molecule has 5 nitrogen and oxygen atoms in total. The van der Waals surface area contributed by atoms with E-state index in [-0.39, 0.29) is 11.3 Å².